The Labute approximate surface area is 101 Å². The molecule has 0 aromatic heterocycles. The molecule has 0 radical (unpaired) electrons. The molecule has 0 bridgehead atoms. The van der Waals surface area contributed by atoms with Crippen molar-refractivity contribution in [2.24, 2.45) is 0 Å². The van der Waals surface area contributed by atoms with E-state index in [0.29, 0.717) is 18.0 Å². The lowest BCUT2D eigenvalue weighted by Gasteiger charge is -2.21. The molecule has 0 aliphatic heterocycles. The number of methoxy groups -OCH3 is 2. The van der Waals surface area contributed by atoms with Gasteiger partial charge in [-0.3, -0.25) is 4.79 Å². The molecule has 0 spiro atoms. The quantitative estimate of drug-likeness (QED) is 0.817. The molecule has 0 heterocycles. The average molecular weight is 239 g/mol. The van der Waals surface area contributed by atoms with E-state index in [-0.39, 0.29) is 6.42 Å². The maximum absolute atomic E-state index is 10.5. The second kappa shape index (κ2) is 5.98. The number of hydrogen-bond donors (Lipinski definition) is 1. The van der Waals surface area contributed by atoms with Crippen LogP contribution in [0.1, 0.15) is 6.42 Å². The number of hydrogen-bond acceptors (Lipinski definition) is 4. The SMILES string of the molecule is COc1ccc(OC)c(N(C)CCC(=O)O)c1. The van der Waals surface area contributed by atoms with E-state index in [2.05, 4.69) is 0 Å². The van der Waals surface area contributed by atoms with E-state index in [4.69, 9.17) is 14.6 Å². The predicted octanol–water partition coefficient (Wildman–Crippen LogP) is 1.61. The fraction of sp³-hybridized carbons (Fsp3) is 0.417. The third kappa shape index (κ3) is 3.55. The molecule has 1 aromatic carbocycles. The zero-order valence-corrected chi connectivity index (χ0v) is 10.3. The van der Waals surface area contributed by atoms with Gasteiger partial charge in [0.05, 0.1) is 26.3 Å². The van der Waals surface area contributed by atoms with Gasteiger partial charge in [-0.2, -0.15) is 0 Å². The van der Waals surface area contributed by atoms with Crippen molar-refractivity contribution in [3.63, 3.8) is 0 Å². The number of aliphatic carboxylic acids is 1. The first kappa shape index (κ1) is 13.2. The lowest BCUT2D eigenvalue weighted by atomic mass is 10.2. The number of ether oxygens (including phenoxy) is 2. The molecule has 0 unspecified atom stereocenters. The monoisotopic (exact) mass is 239 g/mol. The van der Waals surface area contributed by atoms with Crippen molar-refractivity contribution < 1.29 is 19.4 Å². The van der Waals surface area contributed by atoms with Crippen molar-refractivity contribution in [2.45, 2.75) is 6.42 Å². The van der Waals surface area contributed by atoms with Crippen LogP contribution in [0.15, 0.2) is 18.2 Å². The van der Waals surface area contributed by atoms with Gasteiger partial charge in [0.2, 0.25) is 0 Å². The molecule has 0 amide bonds. The van der Waals surface area contributed by atoms with Gasteiger partial charge in [0.25, 0.3) is 0 Å². The van der Waals surface area contributed by atoms with Crippen molar-refractivity contribution in [1.29, 1.82) is 0 Å². The van der Waals surface area contributed by atoms with Gasteiger partial charge in [0.15, 0.2) is 0 Å². The Balaban J connectivity index is 2.88. The lowest BCUT2D eigenvalue weighted by molar-refractivity contribution is -0.136. The molecule has 0 atom stereocenters. The summed E-state index contributed by atoms with van der Waals surface area (Å²) in [5.41, 5.74) is 0.813. The molecule has 17 heavy (non-hydrogen) atoms. The summed E-state index contributed by atoms with van der Waals surface area (Å²) >= 11 is 0. The Morgan fingerprint density at radius 2 is 2.06 bits per heavy atom. The van der Waals surface area contributed by atoms with Gasteiger partial charge in [-0.05, 0) is 12.1 Å². The van der Waals surface area contributed by atoms with E-state index in [9.17, 15) is 4.79 Å². The molecule has 0 aliphatic rings. The number of benzene rings is 1. The second-order valence-electron chi connectivity index (χ2n) is 3.60. The van der Waals surface area contributed by atoms with Crippen LogP contribution in [-0.2, 0) is 4.79 Å². The number of carboxylic acid groups (broad SMARTS) is 1. The van der Waals surface area contributed by atoms with Crippen LogP contribution >= 0.6 is 0 Å². The van der Waals surface area contributed by atoms with Crippen LogP contribution in [0.5, 0.6) is 11.5 Å². The Kier molecular flexibility index (Phi) is 4.63. The van der Waals surface area contributed by atoms with Crippen LogP contribution in [-0.4, -0.2) is 38.9 Å². The minimum atomic E-state index is -0.821. The van der Waals surface area contributed by atoms with Gasteiger partial charge in [0.1, 0.15) is 11.5 Å². The summed E-state index contributed by atoms with van der Waals surface area (Å²) in [4.78, 5) is 12.4. The topological polar surface area (TPSA) is 59.0 Å². The van der Waals surface area contributed by atoms with Gasteiger partial charge in [-0.25, -0.2) is 0 Å². The molecule has 0 aliphatic carbocycles. The summed E-state index contributed by atoms with van der Waals surface area (Å²) in [6.07, 6.45) is 0.0802. The highest BCUT2D eigenvalue weighted by molar-refractivity contribution is 5.68. The molecule has 5 nitrogen and oxygen atoms in total. The summed E-state index contributed by atoms with van der Waals surface area (Å²) in [5, 5.41) is 8.65. The van der Waals surface area contributed by atoms with Gasteiger partial charge in [0, 0.05) is 19.7 Å². The molecule has 94 valence electrons. The minimum absolute atomic E-state index is 0.0802. The summed E-state index contributed by atoms with van der Waals surface area (Å²) in [6.45, 7) is 0.416. The Morgan fingerprint density at radius 3 is 2.59 bits per heavy atom. The van der Waals surface area contributed by atoms with E-state index >= 15 is 0 Å². The average Bonchev–Trinajstić information content (AvgIpc) is 2.34. The van der Waals surface area contributed by atoms with Gasteiger partial charge >= 0.3 is 5.97 Å². The smallest absolute Gasteiger partial charge is 0.305 e. The zero-order valence-electron chi connectivity index (χ0n) is 10.3. The number of rotatable bonds is 6. The summed E-state index contributed by atoms with van der Waals surface area (Å²) in [6, 6.07) is 5.42. The highest BCUT2D eigenvalue weighted by Crippen LogP contribution is 2.31. The van der Waals surface area contributed by atoms with Crippen LogP contribution in [0.25, 0.3) is 0 Å². The third-order valence-corrected chi connectivity index (χ3v) is 2.46. The standard InChI is InChI=1S/C12H17NO4/c1-13(7-6-12(14)15)10-8-9(16-2)4-5-11(10)17-3/h4-5,8H,6-7H2,1-3H3,(H,14,15). The normalized spacial score (nSPS) is 9.82. The van der Waals surface area contributed by atoms with Crippen LogP contribution in [0.2, 0.25) is 0 Å². The molecule has 1 aromatic rings. The minimum Gasteiger partial charge on any atom is -0.497 e. The summed E-state index contributed by atoms with van der Waals surface area (Å²) in [5.74, 6) is 0.584. The van der Waals surface area contributed by atoms with Crippen LogP contribution < -0.4 is 14.4 Å². The predicted molar refractivity (Wildman–Crippen MR) is 65.1 cm³/mol. The molecule has 0 saturated heterocycles. The van der Waals surface area contributed by atoms with Gasteiger partial charge < -0.3 is 19.5 Å². The first-order valence-corrected chi connectivity index (χ1v) is 5.23. The van der Waals surface area contributed by atoms with Crippen molar-refractivity contribution in [3.05, 3.63) is 18.2 Å². The Bertz CT molecular complexity index is 392. The van der Waals surface area contributed by atoms with Crippen molar-refractivity contribution in [1.82, 2.24) is 0 Å². The molecule has 1 N–H and O–H groups in total. The van der Waals surface area contributed by atoms with Gasteiger partial charge in [-0.15, -0.1) is 0 Å². The van der Waals surface area contributed by atoms with Crippen molar-refractivity contribution in [3.8, 4) is 11.5 Å². The van der Waals surface area contributed by atoms with Crippen LogP contribution in [0.4, 0.5) is 5.69 Å². The third-order valence-electron chi connectivity index (χ3n) is 2.46. The molecule has 5 heteroatoms. The second-order valence-corrected chi connectivity index (χ2v) is 3.60. The molecule has 1 rings (SSSR count). The van der Waals surface area contributed by atoms with Gasteiger partial charge in [-0.1, -0.05) is 0 Å². The fourth-order valence-electron chi connectivity index (χ4n) is 1.48. The molecule has 0 saturated carbocycles. The number of nitrogens with zero attached hydrogens (tertiary/aromatic N) is 1. The van der Waals surface area contributed by atoms with E-state index in [1.54, 1.807) is 26.4 Å². The number of anilines is 1. The zero-order chi connectivity index (χ0) is 12.8. The van der Waals surface area contributed by atoms with Crippen LogP contribution in [0.3, 0.4) is 0 Å². The Hall–Kier alpha value is -1.91. The highest BCUT2D eigenvalue weighted by Gasteiger charge is 2.10. The van der Waals surface area contributed by atoms with Crippen molar-refractivity contribution >= 4 is 11.7 Å². The van der Waals surface area contributed by atoms with E-state index in [1.807, 2.05) is 18.0 Å². The number of carbonyl (C=O) groups is 1. The summed E-state index contributed by atoms with van der Waals surface area (Å²) < 4.78 is 10.4. The lowest BCUT2D eigenvalue weighted by Crippen LogP contribution is -2.21. The number of carboxylic acids is 1. The van der Waals surface area contributed by atoms with E-state index in [0.717, 1.165) is 5.69 Å². The maximum Gasteiger partial charge on any atom is 0.305 e. The first-order chi connectivity index (χ1) is 8.08. The molecule has 0 fully saturated rings. The maximum atomic E-state index is 10.5. The Morgan fingerprint density at radius 1 is 1.35 bits per heavy atom. The highest BCUT2D eigenvalue weighted by atomic mass is 16.5. The summed E-state index contributed by atoms with van der Waals surface area (Å²) in [7, 11) is 4.99. The molecular weight excluding hydrogens is 222 g/mol. The van der Waals surface area contributed by atoms with E-state index in [1.165, 1.54) is 0 Å². The van der Waals surface area contributed by atoms with Crippen LogP contribution in [0, 0.1) is 0 Å². The largest absolute Gasteiger partial charge is 0.497 e. The first-order valence-electron chi connectivity index (χ1n) is 5.23. The van der Waals surface area contributed by atoms with E-state index < -0.39 is 5.97 Å². The molecular formula is C12H17NO4. The van der Waals surface area contributed by atoms with Crippen molar-refractivity contribution in [2.75, 3.05) is 32.7 Å². The fourth-order valence-corrected chi connectivity index (χ4v) is 1.48.